The van der Waals surface area contributed by atoms with Crippen molar-refractivity contribution >= 4 is 50.2 Å². The Morgan fingerprint density at radius 2 is 1.88 bits per heavy atom. The van der Waals surface area contributed by atoms with Gasteiger partial charge in [-0.2, -0.15) is 0 Å². The highest BCUT2D eigenvalue weighted by molar-refractivity contribution is 6.27. The van der Waals surface area contributed by atoms with Crippen LogP contribution in [-0.4, -0.2) is 10.8 Å². The van der Waals surface area contributed by atoms with Gasteiger partial charge in [0.15, 0.2) is 0 Å². The minimum absolute atomic E-state index is 0.0970. The van der Waals surface area contributed by atoms with E-state index in [1.165, 1.54) is 49.5 Å². The van der Waals surface area contributed by atoms with Gasteiger partial charge in [0.2, 0.25) is 0 Å². The fourth-order valence-corrected chi connectivity index (χ4v) is 5.20. The molecule has 0 spiro atoms. The summed E-state index contributed by atoms with van der Waals surface area (Å²) in [5, 5.41) is 12.5. The molecular weight excluding hydrogens is 416 g/mol. The van der Waals surface area contributed by atoms with Crippen molar-refractivity contribution in [1.82, 2.24) is 9.88 Å². The molecule has 2 heterocycles. The van der Waals surface area contributed by atoms with E-state index in [1.54, 1.807) is 0 Å². The largest absolute Gasteiger partial charge is 0.346 e. The van der Waals surface area contributed by atoms with Crippen LogP contribution < -0.4 is 10.6 Å². The maximum Gasteiger partial charge on any atom is 0.145 e. The number of allylic oxidation sites excluding steroid dienone is 3. The van der Waals surface area contributed by atoms with Gasteiger partial charge in [-0.1, -0.05) is 67.6 Å². The molecule has 0 saturated carbocycles. The lowest BCUT2D eigenvalue weighted by Gasteiger charge is -2.24. The van der Waals surface area contributed by atoms with Gasteiger partial charge in [0.05, 0.1) is 16.7 Å². The average molecular weight is 445 g/mol. The van der Waals surface area contributed by atoms with Crippen molar-refractivity contribution < 1.29 is 0 Å². The van der Waals surface area contributed by atoms with Crippen LogP contribution in [0, 0.1) is 0 Å². The topological polar surface area (TPSA) is 41.4 Å². The molecule has 4 aromatic carbocycles. The Morgan fingerprint density at radius 3 is 2.68 bits per heavy atom. The average Bonchev–Trinajstić information content (AvgIpc) is 3.23. The number of rotatable bonds is 5. The molecule has 0 fully saturated rings. The summed E-state index contributed by atoms with van der Waals surface area (Å²) in [5.74, 6) is 0.960. The summed E-state index contributed by atoms with van der Waals surface area (Å²) in [4.78, 5) is 4.63. The number of nitrogens with one attached hydrogen (secondary N) is 2. The zero-order valence-corrected chi connectivity index (χ0v) is 19.8. The van der Waals surface area contributed by atoms with Crippen LogP contribution in [0.25, 0.3) is 38.3 Å². The van der Waals surface area contributed by atoms with E-state index in [0.717, 1.165) is 17.8 Å². The van der Waals surface area contributed by atoms with Crippen molar-refractivity contribution in [2.45, 2.75) is 33.4 Å². The first-order valence-electron chi connectivity index (χ1n) is 12.0. The van der Waals surface area contributed by atoms with Gasteiger partial charge in [-0.05, 0) is 55.0 Å². The Morgan fingerprint density at radius 1 is 1.03 bits per heavy atom. The van der Waals surface area contributed by atoms with E-state index in [0.29, 0.717) is 0 Å². The van der Waals surface area contributed by atoms with E-state index >= 15 is 0 Å². The SMILES string of the molecule is C/C=C(\C)n1c2cccc3ccc4c(NC5=CC=NC(c6ccccc6)N5)c(CC)cc1c4c32. The Labute approximate surface area is 199 Å². The van der Waals surface area contributed by atoms with Crippen molar-refractivity contribution in [1.29, 1.82) is 0 Å². The molecule has 1 aliphatic rings. The zero-order valence-electron chi connectivity index (χ0n) is 19.8. The second-order valence-corrected chi connectivity index (χ2v) is 8.87. The van der Waals surface area contributed by atoms with Crippen molar-refractivity contribution in [2.24, 2.45) is 4.99 Å². The summed E-state index contributed by atoms with van der Waals surface area (Å²) in [6.07, 6.45) is 6.93. The Balaban J connectivity index is 1.52. The van der Waals surface area contributed by atoms with Crippen LogP contribution in [0.5, 0.6) is 0 Å². The minimum Gasteiger partial charge on any atom is -0.346 e. The number of benzene rings is 4. The molecule has 0 aliphatic carbocycles. The molecule has 0 amide bonds. The highest BCUT2D eigenvalue weighted by atomic mass is 15.2. The number of hydrogen-bond acceptors (Lipinski definition) is 3. The predicted octanol–water partition coefficient (Wildman–Crippen LogP) is 7.45. The molecule has 5 aromatic rings. The number of aliphatic imine (C=N–C) groups is 1. The molecule has 1 aromatic heterocycles. The number of nitrogens with zero attached hydrogens (tertiary/aromatic N) is 2. The summed E-state index contributed by atoms with van der Waals surface area (Å²) in [6, 6.07) is 23.8. The molecule has 0 bridgehead atoms. The van der Waals surface area contributed by atoms with Crippen molar-refractivity contribution in [3.63, 3.8) is 0 Å². The van der Waals surface area contributed by atoms with Gasteiger partial charge in [-0.3, -0.25) is 4.99 Å². The highest BCUT2D eigenvalue weighted by Gasteiger charge is 2.21. The number of aromatic nitrogens is 1. The van der Waals surface area contributed by atoms with Crippen LogP contribution >= 0.6 is 0 Å². The number of aryl methyl sites for hydroxylation is 1. The van der Waals surface area contributed by atoms with Crippen LogP contribution in [0.15, 0.2) is 89.7 Å². The third-order valence-electron chi connectivity index (χ3n) is 6.96. The summed E-state index contributed by atoms with van der Waals surface area (Å²) < 4.78 is 2.41. The van der Waals surface area contributed by atoms with E-state index in [1.807, 2.05) is 18.4 Å². The molecule has 1 aliphatic heterocycles. The summed E-state index contributed by atoms with van der Waals surface area (Å²) in [5.41, 5.74) is 7.39. The van der Waals surface area contributed by atoms with Crippen LogP contribution in [0.2, 0.25) is 0 Å². The molecule has 1 unspecified atom stereocenters. The fraction of sp³-hybridized carbons (Fsp3) is 0.167. The summed E-state index contributed by atoms with van der Waals surface area (Å²) in [6.45, 7) is 6.52. The monoisotopic (exact) mass is 444 g/mol. The Kier molecular flexibility index (Phi) is 4.88. The third-order valence-corrected chi connectivity index (χ3v) is 6.96. The van der Waals surface area contributed by atoms with Crippen LogP contribution in [0.3, 0.4) is 0 Å². The van der Waals surface area contributed by atoms with E-state index in [-0.39, 0.29) is 6.17 Å². The molecule has 6 rings (SSSR count). The lowest BCUT2D eigenvalue weighted by atomic mass is 9.97. The summed E-state index contributed by atoms with van der Waals surface area (Å²) in [7, 11) is 0. The van der Waals surface area contributed by atoms with Gasteiger partial charge in [0, 0.05) is 28.1 Å². The van der Waals surface area contributed by atoms with Crippen molar-refractivity contribution in [2.75, 3.05) is 5.32 Å². The van der Waals surface area contributed by atoms with Gasteiger partial charge < -0.3 is 15.2 Å². The molecule has 4 heteroatoms. The lowest BCUT2D eigenvalue weighted by molar-refractivity contribution is 0.625. The van der Waals surface area contributed by atoms with Crippen molar-refractivity contribution in [3.05, 3.63) is 95.8 Å². The van der Waals surface area contributed by atoms with Crippen molar-refractivity contribution in [3.8, 4) is 0 Å². The second-order valence-electron chi connectivity index (χ2n) is 8.87. The molecule has 0 radical (unpaired) electrons. The van der Waals surface area contributed by atoms with E-state index in [4.69, 9.17) is 0 Å². The molecule has 34 heavy (non-hydrogen) atoms. The number of anilines is 1. The first-order valence-corrected chi connectivity index (χ1v) is 12.0. The lowest BCUT2D eigenvalue weighted by Crippen LogP contribution is -2.27. The van der Waals surface area contributed by atoms with Gasteiger partial charge >= 0.3 is 0 Å². The molecular formula is C30H28N4. The number of hydrogen-bond donors (Lipinski definition) is 2. The second kappa shape index (κ2) is 8.07. The van der Waals surface area contributed by atoms with E-state index < -0.39 is 0 Å². The Hall–Kier alpha value is -4.05. The normalized spacial score (nSPS) is 16.4. The maximum absolute atomic E-state index is 4.63. The molecule has 0 saturated heterocycles. The Bertz CT molecular complexity index is 1600. The van der Waals surface area contributed by atoms with Gasteiger partial charge in [0.1, 0.15) is 12.0 Å². The van der Waals surface area contributed by atoms with Crippen LogP contribution in [0.1, 0.15) is 38.1 Å². The van der Waals surface area contributed by atoms with E-state index in [9.17, 15) is 0 Å². The smallest absolute Gasteiger partial charge is 0.145 e. The molecule has 168 valence electrons. The zero-order chi connectivity index (χ0) is 23.2. The van der Waals surface area contributed by atoms with Crippen LogP contribution in [-0.2, 0) is 6.42 Å². The van der Waals surface area contributed by atoms with Gasteiger partial charge in [0.25, 0.3) is 0 Å². The fourth-order valence-electron chi connectivity index (χ4n) is 5.20. The standard InChI is InChI=1S/C30H28N4/c1-4-19(3)34-24-13-9-12-21-14-15-23-28(27(21)24)25(34)18-20(5-2)29(23)32-26-16-17-31-30(33-26)22-10-7-6-8-11-22/h4,6-18,30,32-33H,5H2,1-3H3/b19-4+. The molecule has 4 nitrogen and oxygen atoms in total. The highest BCUT2D eigenvalue weighted by Crippen LogP contribution is 2.43. The van der Waals surface area contributed by atoms with Crippen LogP contribution in [0.4, 0.5) is 5.69 Å². The maximum atomic E-state index is 4.63. The molecule has 2 N–H and O–H groups in total. The molecule has 1 atom stereocenters. The minimum atomic E-state index is -0.0970. The summed E-state index contributed by atoms with van der Waals surface area (Å²) >= 11 is 0. The quantitative estimate of drug-likeness (QED) is 0.276. The first kappa shape index (κ1) is 20.5. The first-order chi connectivity index (χ1) is 16.7. The third kappa shape index (κ3) is 3.10. The van der Waals surface area contributed by atoms with E-state index in [2.05, 4.69) is 108 Å². The van der Waals surface area contributed by atoms with Gasteiger partial charge in [-0.25, -0.2) is 0 Å². The van der Waals surface area contributed by atoms with Gasteiger partial charge in [-0.15, -0.1) is 0 Å². The predicted molar refractivity (Wildman–Crippen MR) is 146 cm³/mol.